The van der Waals surface area contributed by atoms with Gasteiger partial charge in [-0.2, -0.15) is 0 Å². The Bertz CT molecular complexity index is 91.6. The average Bonchev–Trinajstić information content (AvgIpc) is 1.63. The SMILES string of the molecule is C[Si](C)(C)CC=CCBr. The molecule has 0 atom stereocenters. The summed E-state index contributed by atoms with van der Waals surface area (Å²) in [4.78, 5) is 0. The van der Waals surface area contributed by atoms with Crippen LogP contribution in [0.2, 0.25) is 25.7 Å². The lowest BCUT2D eigenvalue weighted by atomic mass is 10.6. The van der Waals surface area contributed by atoms with Gasteiger partial charge in [-0.3, -0.25) is 0 Å². The van der Waals surface area contributed by atoms with Gasteiger partial charge >= 0.3 is 0 Å². The van der Waals surface area contributed by atoms with Crippen molar-refractivity contribution in [3.8, 4) is 0 Å². The smallest absolute Gasteiger partial charge is 0.0480 e. The van der Waals surface area contributed by atoms with Crippen molar-refractivity contribution in [2.24, 2.45) is 0 Å². The molecular weight excluding hydrogens is 192 g/mol. The summed E-state index contributed by atoms with van der Waals surface area (Å²) in [6.07, 6.45) is 4.46. The molecule has 0 aromatic carbocycles. The zero-order chi connectivity index (χ0) is 7.33. The zero-order valence-corrected chi connectivity index (χ0v) is 9.03. The van der Waals surface area contributed by atoms with Gasteiger partial charge in [0, 0.05) is 13.4 Å². The molecule has 0 spiro atoms. The monoisotopic (exact) mass is 206 g/mol. The highest BCUT2D eigenvalue weighted by molar-refractivity contribution is 9.09. The second-order valence-corrected chi connectivity index (χ2v) is 9.57. The third-order valence-corrected chi connectivity index (χ3v) is 2.82. The van der Waals surface area contributed by atoms with E-state index < -0.39 is 8.07 Å². The second kappa shape index (κ2) is 4.28. The van der Waals surface area contributed by atoms with E-state index in [9.17, 15) is 0 Å². The van der Waals surface area contributed by atoms with E-state index in [2.05, 4.69) is 47.7 Å². The van der Waals surface area contributed by atoms with E-state index in [1.165, 1.54) is 6.04 Å². The van der Waals surface area contributed by atoms with Crippen molar-refractivity contribution in [3.05, 3.63) is 12.2 Å². The maximum Gasteiger partial charge on any atom is 0.0480 e. The summed E-state index contributed by atoms with van der Waals surface area (Å²) in [5.41, 5.74) is 0. The minimum Gasteiger partial charge on any atom is -0.0904 e. The highest BCUT2D eigenvalue weighted by Gasteiger charge is 2.08. The summed E-state index contributed by atoms with van der Waals surface area (Å²) in [5, 5.41) is 0.998. The van der Waals surface area contributed by atoms with Crippen LogP contribution in [0.4, 0.5) is 0 Å². The molecule has 0 heterocycles. The first-order valence-corrected chi connectivity index (χ1v) is 8.10. The average molecular weight is 207 g/mol. The van der Waals surface area contributed by atoms with Crippen LogP contribution in [-0.2, 0) is 0 Å². The maximum atomic E-state index is 3.35. The number of hydrogen-bond donors (Lipinski definition) is 0. The summed E-state index contributed by atoms with van der Waals surface area (Å²) >= 11 is 3.35. The van der Waals surface area contributed by atoms with E-state index in [-0.39, 0.29) is 0 Å². The molecule has 0 fully saturated rings. The Kier molecular flexibility index (Phi) is 4.49. The summed E-state index contributed by atoms with van der Waals surface area (Å²) in [6, 6.07) is 1.30. The standard InChI is InChI=1S/C7H15BrSi/c1-9(2,3)7-5-4-6-8/h4-5H,6-7H2,1-3H3. The van der Waals surface area contributed by atoms with Gasteiger partial charge in [0.05, 0.1) is 0 Å². The maximum absolute atomic E-state index is 3.35. The second-order valence-electron chi connectivity index (χ2n) is 3.39. The molecule has 0 N–H and O–H groups in total. The van der Waals surface area contributed by atoms with Crippen LogP contribution in [0.1, 0.15) is 0 Å². The molecule has 0 aliphatic carbocycles. The Labute approximate surface area is 67.5 Å². The van der Waals surface area contributed by atoms with Gasteiger partial charge in [-0.1, -0.05) is 47.7 Å². The van der Waals surface area contributed by atoms with Crippen molar-refractivity contribution in [3.63, 3.8) is 0 Å². The molecule has 0 aromatic heterocycles. The van der Waals surface area contributed by atoms with Crippen molar-refractivity contribution in [1.29, 1.82) is 0 Å². The molecular formula is C7H15BrSi. The van der Waals surface area contributed by atoms with Crippen molar-refractivity contribution < 1.29 is 0 Å². The first-order valence-electron chi connectivity index (χ1n) is 3.27. The molecule has 0 saturated carbocycles. The predicted molar refractivity (Wildman–Crippen MR) is 51.1 cm³/mol. The Hall–Kier alpha value is 0.437. The number of alkyl halides is 1. The van der Waals surface area contributed by atoms with Crippen LogP contribution in [0.3, 0.4) is 0 Å². The lowest BCUT2D eigenvalue weighted by molar-refractivity contribution is 1.49. The third kappa shape index (κ3) is 8.44. The van der Waals surface area contributed by atoms with Crippen molar-refractivity contribution >= 4 is 24.0 Å². The van der Waals surface area contributed by atoms with E-state index >= 15 is 0 Å². The van der Waals surface area contributed by atoms with Gasteiger partial charge in [0.1, 0.15) is 0 Å². The molecule has 54 valence electrons. The van der Waals surface area contributed by atoms with Crippen molar-refractivity contribution in [2.45, 2.75) is 25.7 Å². The quantitative estimate of drug-likeness (QED) is 0.378. The van der Waals surface area contributed by atoms with Gasteiger partial charge in [0.25, 0.3) is 0 Å². The van der Waals surface area contributed by atoms with Gasteiger partial charge in [-0.05, 0) is 6.04 Å². The zero-order valence-electron chi connectivity index (χ0n) is 6.45. The Balaban J connectivity index is 3.38. The predicted octanol–water partition coefficient (Wildman–Crippen LogP) is 3.28. The van der Waals surface area contributed by atoms with Crippen LogP contribution >= 0.6 is 15.9 Å². The van der Waals surface area contributed by atoms with Gasteiger partial charge < -0.3 is 0 Å². The van der Waals surface area contributed by atoms with Gasteiger partial charge in [0.15, 0.2) is 0 Å². The molecule has 0 aliphatic rings. The largest absolute Gasteiger partial charge is 0.0904 e. The highest BCUT2D eigenvalue weighted by atomic mass is 79.9. The van der Waals surface area contributed by atoms with E-state index in [0.29, 0.717) is 0 Å². The fourth-order valence-corrected chi connectivity index (χ4v) is 1.64. The molecule has 2 heteroatoms. The first-order chi connectivity index (χ1) is 4.06. The normalized spacial score (nSPS) is 12.9. The summed E-state index contributed by atoms with van der Waals surface area (Å²) in [5.74, 6) is 0. The van der Waals surface area contributed by atoms with E-state index in [0.717, 1.165) is 5.33 Å². The van der Waals surface area contributed by atoms with Gasteiger partial charge in [-0.15, -0.1) is 0 Å². The van der Waals surface area contributed by atoms with Crippen LogP contribution in [-0.4, -0.2) is 13.4 Å². The lowest BCUT2D eigenvalue weighted by Crippen LogP contribution is -2.17. The van der Waals surface area contributed by atoms with Crippen molar-refractivity contribution in [1.82, 2.24) is 0 Å². The number of halogens is 1. The van der Waals surface area contributed by atoms with Crippen LogP contribution in [0.15, 0.2) is 12.2 Å². The fraction of sp³-hybridized carbons (Fsp3) is 0.714. The van der Waals surface area contributed by atoms with Gasteiger partial charge in [0.2, 0.25) is 0 Å². The fourth-order valence-electron chi connectivity index (χ4n) is 0.500. The lowest BCUT2D eigenvalue weighted by Gasteiger charge is -2.11. The Morgan fingerprint density at radius 3 is 2.11 bits per heavy atom. The molecule has 0 bridgehead atoms. The molecule has 0 saturated heterocycles. The summed E-state index contributed by atoms with van der Waals surface area (Å²) in [6.45, 7) is 7.14. The minimum atomic E-state index is -0.802. The van der Waals surface area contributed by atoms with Crippen LogP contribution in [0, 0.1) is 0 Å². The van der Waals surface area contributed by atoms with E-state index in [1.54, 1.807) is 0 Å². The van der Waals surface area contributed by atoms with E-state index in [1.807, 2.05) is 0 Å². The number of allylic oxidation sites excluding steroid dienone is 2. The molecule has 0 nitrogen and oxygen atoms in total. The minimum absolute atomic E-state index is 0.802. The highest BCUT2D eigenvalue weighted by Crippen LogP contribution is 2.08. The van der Waals surface area contributed by atoms with Crippen LogP contribution in [0.25, 0.3) is 0 Å². The molecule has 0 aliphatic heterocycles. The van der Waals surface area contributed by atoms with Crippen LogP contribution in [0.5, 0.6) is 0 Å². The Morgan fingerprint density at radius 2 is 1.78 bits per heavy atom. The molecule has 0 rings (SSSR count). The molecule has 0 amide bonds. The summed E-state index contributed by atoms with van der Waals surface area (Å²) < 4.78 is 0. The molecule has 0 aromatic rings. The first kappa shape index (κ1) is 9.44. The van der Waals surface area contributed by atoms with Crippen molar-refractivity contribution in [2.75, 3.05) is 5.33 Å². The van der Waals surface area contributed by atoms with Crippen LogP contribution < -0.4 is 0 Å². The number of rotatable bonds is 3. The molecule has 0 unspecified atom stereocenters. The summed E-state index contributed by atoms with van der Waals surface area (Å²) in [7, 11) is -0.802. The number of hydrogen-bond acceptors (Lipinski definition) is 0. The van der Waals surface area contributed by atoms with E-state index in [4.69, 9.17) is 0 Å². The molecule has 0 radical (unpaired) electrons. The van der Waals surface area contributed by atoms with Gasteiger partial charge in [-0.25, -0.2) is 0 Å². The topological polar surface area (TPSA) is 0 Å². The Morgan fingerprint density at radius 1 is 1.22 bits per heavy atom. The molecule has 9 heavy (non-hydrogen) atoms. The third-order valence-electron chi connectivity index (χ3n) is 0.986.